The highest BCUT2D eigenvalue weighted by molar-refractivity contribution is 5.94. The standard InChI is InChI=1S/C29H34N2O3/c1-19(2)23-13-9-10-20(3)28(23)30-27(32)18-31-15-14-22-16-25(33-4)26(34-5)17-24(22)29(31)21-11-7-6-8-12-21/h6-13,16-17,19,29H,14-15,18H2,1-5H3,(H,30,32). The highest BCUT2D eigenvalue weighted by Crippen LogP contribution is 2.41. The average molecular weight is 459 g/mol. The molecule has 178 valence electrons. The fourth-order valence-corrected chi connectivity index (χ4v) is 4.90. The molecule has 34 heavy (non-hydrogen) atoms. The lowest BCUT2D eigenvalue weighted by Gasteiger charge is -2.37. The number of para-hydroxylation sites is 1. The first-order chi connectivity index (χ1) is 16.4. The molecule has 1 N–H and O–H groups in total. The van der Waals surface area contributed by atoms with Gasteiger partial charge in [-0.1, -0.05) is 62.4 Å². The lowest BCUT2D eigenvalue weighted by atomic mass is 9.87. The van der Waals surface area contributed by atoms with E-state index >= 15 is 0 Å². The van der Waals surface area contributed by atoms with Crippen LogP contribution in [0.5, 0.6) is 11.5 Å². The van der Waals surface area contributed by atoms with Crippen LogP contribution in [0.3, 0.4) is 0 Å². The maximum Gasteiger partial charge on any atom is 0.238 e. The van der Waals surface area contributed by atoms with Gasteiger partial charge < -0.3 is 14.8 Å². The summed E-state index contributed by atoms with van der Waals surface area (Å²) in [6, 6.07) is 20.6. The average Bonchev–Trinajstić information content (AvgIpc) is 2.84. The summed E-state index contributed by atoms with van der Waals surface area (Å²) in [7, 11) is 3.32. The van der Waals surface area contributed by atoms with Gasteiger partial charge in [-0.05, 0) is 59.2 Å². The van der Waals surface area contributed by atoms with Crippen LogP contribution in [-0.4, -0.2) is 38.1 Å². The molecule has 1 unspecified atom stereocenters. The van der Waals surface area contributed by atoms with Crippen LogP contribution in [0.4, 0.5) is 5.69 Å². The molecule has 0 spiro atoms. The fraction of sp³-hybridized carbons (Fsp3) is 0.345. The number of nitrogens with zero attached hydrogens (tertiary/aromatic N) is 1. The molecule has 1 atom stereocenters. The van der Waals surface area contributed by atoms with E-state index in [0.29, 0.717) is 18.2 Å². The molecule has 1 heterocycles. The first-order valence-electron chi connectivity index (χ1n) is 11.9. The lowest BCUT2D eigenvalue weighted by molar-refractivity contribution is -0.117. The molecular formula is C29H34N2O3. The Morgan fingerprint density at radius 3 is 2.41 bits per heavy atom. The quantitative estimate of drug-likeness (QED) is 0.492. The molecule has 0 saturated heterocycles. The van der Waals surface area contributed by atoms with Crippen molar-refractivity contribution in [2.75, 3.05) is 32.6 Å². The van der Waals surface area contributed by atoms with Gasteiger partial charge in [0.05, 0.1) is 26.8 Å². The van der Waals surface area contributed by atoms with Gasteiger partial charge >= 0.3 is 0 Å². The van der Waals surface area contributed by atoms with Crippen molar-refractivity contribution < 1.29 is 14.3 Å². The van der Waals surface area contributed by atoms with Crippen molar-refractivity contribution in [3.63, 3.8) is 0 Å². The molecule has 3 aromatic carbocycles. The van der Waals surface area contributed by atoms with Crippen LogP contribution in [0.15, 0.2) is 60.7 Å². The van der Waals surface area contributed by atoms with Gasteiger partial charge in [0.2, 0.25) is 5.91 Å². The van der Waals surface area contributed by atoms with Gasteiger partial charge in [-0.15, -0.1) is 0 Å². The van der Waals surface area contributed by atoms with Crippen molar-refractivity contribution in [3.05, 3.63) is 88.5 Å². The van der Waals surface area contributed by atoms with E-state index in [-0.39, 0.29) is 11.9 Å². The molecule has 0 bridgehead atoms. The zero-order valence-electron chi connectivity index (χ0n) is 20.7. The molecule has 3 aromatic rings. The fourth-order valence-electron chi connectivity index (χ4n) is 4.90. The van der Waals surface area contributed by atoms with Crippen LogP contribution in [0.25, 0.3) is 0 Å². The summed E-state index contributed by atoms with van der Waals surface area (Å²) >= 11 is 0. The van der Waals surface area contributed by atoms with E-state index in [9.17, 15) is 4.79 Å². The highest BCUT2D eigenvalue weighted by Gasteiger charge is 2.31. The Kier molecular flexibility index (Phi) is 7.23. The number of ether oxygens (including phenoxy) is 2. The van der Waals surface area contributed by atoms with Crippen LogP contribution in [0, 0.1) is 6.92 Å². The number of carbonyl (C=O) groups is 1. The van der Waals surface area contributed by atoms with Crippen molar-refractivity contribution in [2.24, 2.45) is 0 Å². The van der Waals surface area contributed by atoms with E-state index in [1.165, 1.54) is 5.56 Å². The molecule has 0 radical (unpaired) electrons. The Morgan fingerprint density at radius 2 is 1.74 bits per heavy atom. The van der Waals surface area contributed by atoms with Crippen molar-refractivity contribution in [2.45, 2.75) is 39.2 Å². The zero-order chi connectivity index (χ0) is 24.2. The summed E-state index contributed by atoms with van der Waals surface area (Å²) in [4.78, 5) is 15.6. The van der Waals surface area contributed by atoms with E-state index in [0.717, 1.165) is 46.7 Å². The van der Waals surface area contributed by atoms with E-state index in [1.54, 1.807) is 14.2 Å². The highest BCUT2D eigenvalue weighted by atomic mass is 16.5. The first kappa shape index (κ1) is 23.8. The SMILES string of the molecule is COc1cc2c(cc1OC)C(c1ccccc1)N(CC(=O)Nc1c(C)cccc1C(C)C)CC2. The molecule has 1 aliphatic rings. The molecular weight excluding hydrogens is 424 g/mol. The van der Waals surface area contributed by atoms with Crippen LogP contribution in [0.1, 0.15) is 53.6 Å². The van der Waals surface area contributed by atoms with Crippen LogP contribution < -0.4 is 14.8 Å². The Bertz CT molecular complexity index is 1160. The normalized spacial score (nSPS) is 15.6. The summed E-state index contributed by atoms with van der Waals surface area (Å²) in [5.41, 5.74) is 6.71. The third kappa shape index (κ3) is 4.80. The predicted octanol–water partition coefficient (Wildman–Crippen LogP) is 5.72. The number of rotatable bonds is 7. The van der Waals surface area contributed by atoms with Crippen molar-refractivity contribution in [1.82, 2.24) is 4.90 Å². The minimum absolute atomic E-state index is 0.000979. The predicted molar refractivity (Wildman–Crippen MR) is 137 cm³/mol. The molecule has 1 aliphatic heterocycles. The van der Waals surface area contributed by atoms with Crippen molar-refractivity contribution in [1.29, 1.82) is 0 Å². The number of hydrogen-bond acceptors (Lipinski definition) is 4. The van der Waals surface area contributed by atoms with E-state index in [4.69, 9.17) is 9.47 Å². The Morgan fingerprint density at radius 1 is 1.03 bits per heavy atom. The van der Waals surface area contributed by atoms with Gasteiger partial charge in [-0.2, -0.15) is 0 Å². The van der Waals surface area contributed by atoms with Gasteiger partial charge in [-0.3, -0.25) is 9.69 Å². The second-order valence-corrected chi connectivity index (χ2v) is 9.18. The van der Waals surface area contributed by atoms with Gasteiger partial charge in [-0.25, -0.2) is 0 Å². The summed E-state index contributed by atoms with van der Waals surface area (Å²) in [5, 5.41) is 3.22. The Hall–Kier alpha value is -3.31. The third-order valence-corrected chi connectivity index (χ3v) is 6.63. The second kappa shape index (κ2) is 10.3. The number of aryl methyl sites for hydroxylation is 1. The van der Waals surface area contributed by atoms with Gasteiger partial charge in [0.25, 0.3) is 0 Å². The number of nitrogens with one attached hydrogen (secondary N) is 1. The van der Waals surface area contributed by atoms with Gasteiger partial charge in [0.1, 0.15) is 0 Å². The van der Waals surface area contributed by atoms with Gasteiger partial charge in [0.15, 0.2) is 11.5 Å². The maximum atomic E-state index is 13.3. The molecule has 5 heteroatoms. The molecule has 0 aromatic heterocycles. The second-order valence-electron chi connectivity index (χ2n) is 9.18. The summed E-state index contributed by atoms with van der Waals surface area (Å²) < 4.78 is 11.1. The number of methoxy groups -OCH3 is 2. The van der Waals surface area contributed by atoms with Gasteiger partial charge in [0, 0.05) is 12.2 Å². The number of anilines is 1. The number of carbonyl (C=O) groups excluding carboxylic acids is 1. The molecule has 4 rings (SSSR count). The van der Waals surface area contributed by atoms with Crippen molar-refractivity contribution >= 4 is 11.6 Å². The number of hydrogen-bond donors (Lipinski definition) is 1. The molecule has 0 fully saturated rings. The smallest absolute Gasteiger partial charge is 0.238 e. The number of fused-ring (bicyclic) bond motifs is 1. The largest absolute Gasteiger partial charge is 0.493 e. The maximum absolute atomic E-state index is 13.3. The minimum Gasteiger partial charge on any atom is -0.493 e. The zero-order valence-corrected chi connectivity index (χ0v) is 20.7. The number of benzene rings is 3. The Balaban J connectivity index is 1.67. The molecule has 1 amide bonds. The van der Waals surface area contributed by atoms with E-state index < -0.39 is 0 Å². The van der Waals surface area contributed by atoms with E-state index in [1.807, 2.05) is 31.2 Å². The molecule has 0 aliphatic carbocycles. The third-order valence-electron chi connectivity index (χ3n) is 6.63. The van der Waals surface area contributed by atoms with Crippen LogP contribution in [-0.2, 0) is 11.2 Å². The lowest BCUT2D eigenvalue weighted by Crippen LogP contribution is -2.41. The minimum atomic E-state index is -0.0445. The summed E-state index contributed by atoms with van der Waals surface area (Å²) in [5.74, 6) is 1.77. The van der Waals surface area contributed by atoms with Crippen LogP contribution in [0.2, 0.25) is 0 Å². The van der Waals surface area contributed by atoms with Crippen molar-refractivity contribution in [3.8, 4) is 11.5 Å². The van der Waals surface area contributed by atoms with Crippen LogP contribution >= 0.6 is 0 Å². The Labute approximate surface area is 202 Å². The molecule has 5 nitrogen and oxygen atoms in total. The molecule has 0 saturated carbocycles. The van der Waals surface area contributed by atoms with E-state index in [2.05, 4.69) is 60.5 Å². The first-order valence-corrected chi connectivity index (χ1v) is 11.9. The monoisotopic (exact) mass is 458 g/mol. The topological polar surface area (TPSA) is 50.8 Å². The summed E-state index contributed by atoms with van der Waals surface area (Å²) in [6.07, 6.45) is 0.841. The summed E-state index contributed by atoms with van der Waals surface area (Å²) in [6.45, 7) is 7.43. The number of amides is 1.